The summed E-state index contributed by atoms with van der Waals surface area (Å²) >= 11 is 0. The van der Waals surface area contributed by atoms with Gasteiger partial charge in [0.05, 0.1) is 0 Å². The van der Waals surface area contributed by atoms with E-state index in [0.29, 0.717) is 23.5 Å². The van der Waals surface area contributed by atoms with E-state index in [1.165, 1.54) is 31.2 Å². The monoisotopic (exact) mass is 256 g/mol. The molecule has 0 aromatic heterocycles. The molecular formula is C18H24O. The zero-order chi connectivity index (χ0) is 13.6. The molecule has 1 nitrogen and oxygen atoms in total. The third kappa shape index (κ3) is 2.35. The lowest BCUT2D eigenvalue weighted by atomic mass is 9.86. The fraction of sp³-hybridized carbons (Fsp3) is 0.611. The molecule has 0 bridgehead atoms. The van der Waals surface area contributed by atoms with Gasteiger partial charge in [-0.25, -0.2) is 0 Å². The van der Waals surface area contributed by atoms with Gasteiger partial charge in [-0.3, -0.25) is 4.79 Å². The molecule has 3 rings (SSSR count). The number of ketones is 1. The van der Waals surface area contributed by atoms with Gasteiger partial charge in [0.15, 0.2) is 5.78 Å². The normalized spacial score (nSPS) is 29.7. The van der Waals surface area contributed by atoms with Gasteiger partial charge < -0.3 is 0 Å². The van der Waals surface area contributed by atoms with Crippen LogP contribution in [-0.2, 0) is 5.41 Å². The lowest BCUT2D eigenvalue weighted by Crippen LogP contribution is -2.11. The van der Waals surface area contributed by atoms with Gasteiger partial charge in [0.1, 0.15) is 0 Å². The first kappa shape index (κ1) is 12.9. The Morgan fingerprint density at radius 2 is 1.53 bits per heavy atom. The van der Waals surface area contributed by atoms with Crippen LogP contribution in [-0.4, -0.2) is 5.78 Å². The predicted molar refractivity (Wildman–Crippen MR) is 78.4 cm³/mol. The summed E-state index contributed by atoms with van der Waals surface area (Å²) < 4.78 is 0. The first-order valence-electron chi connectivity index (χ1n) is 7.63. The highest BCUT2D eigenvalue weighted by molar-refractivity contribution is 6.00. The van der Waals surface area contributed by atoms with Crippen molar-refractivity contribution in [2.75, 3.05) is 0 Å². The molecule has 0 saturated heterocycles. The predicted octanol–water partition coefficient (Wildman–Crippen LogP) is 4.60. The molecule has 0 heterocycles. The molecule has 0 radical (unpaired) electrons. The Bertz CT molecular complexity index is 465. The van der Waals surface area contributed by atoms with E-state index >= 15 is 0 Å². The highest BCUT2D eigenvalue weighted by Crippen LogP contribution is 2.56. The minimum atomic E-state index is 0.162. The Morgan fingerprint density at radius 3 is 2.00 bits per heavy atom. The van der Waals surface area contributed by atoms with Gasteiger partial charge in [-0.2, -0.15) is 0 Å². The van der Waals surface area contributed by atoms with E-state index in [0.717, 1.165) is 5.56 Å². The first-order chi connectivity index (χ1) is 8.98. The number of carbonyl (C=O) groups is 1. The Balaban J connectivity index is 1.74. The van der Waals surface area contributed by atoms with Crippen LogP contribution in [0.5, 0.6) is 0 Å². The van der Waals surface area contributed by atoms with E-state index in [1.807, 2.05) is 12.1 Å². The van der Waals surface area contributed by atoms with E-state index in [2.05, 4.69) is 32.9 Å². The van der Waals surface area contributed by atoms with E-state index in [4.69, 9.17) is 0 Å². The summed E-state index contributed by atoms with van der Waals surface area (Å²) in [6.45, 7) is 6.62. The van der Waals surface area contributed by atoms with Gasteiger partial charge in [0, 0.05) is 11.5 Å². The number of rotatable bonds is 2. The van der Waals surface area contributed by atoms with Crippen molar-refractivity contribution in [3.05, 3.63) is 35.4 Å². The molecule has 2 fully saturated rings. The summed E-state index contributed by atoms with van der Waals surface area (Å²) in [5.41, 5.74) is 2.39. The quantitative estimate of drug-likeness (QED) is 0.707. The highest BCUT2D eigenvalue weighted by atomic mass is 16.1. The summed E-state index contributed by atoms with van der Waals surface area (Å²) in [5.74, 6) is 2.17. The second-order valence-corrected chi connectivity index (χ2v) is 7.33. The minimum absolute atomic E-state index is 0.162. The van der Waals surface area contributed by atoms with Crippen LogP contribution in [0.15, 0.2) is 24.3 Å². The standard InChI is InChI=1S/C18H24O/c1-18(2,3)13-10-8-12(9-11-13)17(19)16-14-6-4-5-7-15(14)16/h8-11,14-16H,4-7H2,1-3H3. The van der Waals surface area contributed by atoms with Crippen molar-refractivity contribution in [3.8, 4) is 0 Å². The number of hydrogen-bond donors (Lipinski definition) is 0. The average Bonchev–Trinajstić information content (AvgIpc) is 3.11. The molecule has 2 aliphatic rings. The summed E-state index contributed by atoms with van der Waals surface area (Å²) in [4.78, 5) is 12.5. The molecule has 0 N–H and O–H groups in total. The van der Waals surface area contributed by atoms with Gasteiger partial charge in [-0.1, -0.05) is 57.9 Å². The maximum atomic E-state index is 12.5. The molecule has 2 aliphatic carbocycles. The Hall–Kier alpha value is -1.11. The third-order valence-corrected chi connectivity index (χ3v) is 4.99. The van der Waals surface area contributed by atoms with Gasteiger partial charge >= 0.3 is 0 Å². The minimum Gasteiger partial charge on any atom is -0.294 e. The Labute approximate surface area is 116 Å². The van der Waals surface area contributed by atoms with E-state index < -0.39 is 0 Å². The summed E-state index contributed by atoms with van der Waals surface area (Å²) in [6.07, 6.45) is 5.21. The maximum Gasteiger partial charge on any atom is 0.166 e. The molecular weight excluding hydrogens is 232 g/mol. The van der Waals surface area contributed by atoms with Crippen LogP contribution in [0.25, 0.3) is 0 Å². The molecule has 1 aromatic rings. The SMILES string of the molecule is CC(C)(C)c1ccc(C(=O)C2C3CCCCC32)cc1. The second kappa shape index (κ2) is 4.47. The van der Waals surface area contributed by atoms with Crippen LogP contribution in [0.2, 0.25) is 0 Å². The van der Waals surface area contributed by atoms with Gasteiger partial charge in [-0.15, -0.1) is 0 Å². The van der Waals surface area contributed by atoms with Crippen LogP contribution in [0.3, 0.4) is 0 Å². The first-order valence-corrected chi connectivity index (χ1v) is 7.63. The third-order valence-electron chi connectivity index (χ3n) is 4.99. The van der Waals surface area contributed by atoms with E-state index in [1.54, 1.807) is 0 Å². The van der Waals surface area contributed by atoms with Crippen LogP contribution >= 0.6 is 0 Å². The molecule has 2 unspecified atom stereocenters. The summed E-state index contributed by atoms with van der Waals surface area (Å²) in [6, 6.07) is 8.32. The number of fused-ring (bicyclic) bond motifs is 1. The smallest absolute Gasteiger partial charge is 0.166 e. The van der Waals surface area contributed by atoms with Crippen molar-refractivity contribution in [1.82, 2.24) is 0 Å². The van der Waals surface area contributed by atoms with Gasteiger partial charge in [-0.05, 0) is 35.7 Å². The molecule has 2 atom stereocenters. The molecule has 0 amide bonds. The molecule has 0 spiro atoms. The zero-order valence-corrected chi connectivity index (χ0v) is 12.3. The maximum absolute atomic E-state index is 12.5. The van der Waals surface area contributed by atoms with Crippen molar-refractivity contribution < 1.29 is 4.79 Å². The van der Waals surface area contributed by atoms with Gasteiger partial charge in [0.2, 0.25) is 0 Å². The molecule has 102 valence electrons. The number of hydrogen-bond acceptors (Lipinski definition) is 1. The van der Waals surface area contributed by atoms with Crippen molar-refractivity contribution in [2.24, 2.45) is 17.8 Å². The summed E-state index contributed by atoms with van der Waals surface area (Å²) in [7, 11) is 0. The second-order valence-electron chi connectivity index (χ2n) is 7.33. The lowest BCUT2D eigenvalue weighted by molar-refractivity contribution is 0.0956. The molecule has 2 saturated carbocycles. The van der Waals surface area contributed by atoms with Crippen molar-refractivity contribution >= 4 is 5.78 Å². The molecule has 0 aliphatic heterocycles. The van der Waals surface area contributed by atoms with Crippen LogP contribution < -0.4 is 0 Å². The summed E-state index contributed by atoms with van der Waals surface area (Å²) in [5, 5.41) is 0. The van der Waals surface area contributed by atoms with E-state index in [9.17, 15) is 4.79 Å². The molecule has 1 heteroatoms. The van der Waals surface area contributed by atoms with Crippen LogP contribution in [0.1, 0.15) is 62.4 Å². The molecule has 19 heavy (non-hydrogen) atoms. The van der Waals surface area contributed by atoms with Gasteiger partial charge in [0.25, 0.3) is 0 Å². The average molecular weight is 256 g/mol. The number of carbonyl (C=O) groups excluding carboxylic acids is 1. The van der Waals surface area contributed by atoms with E-state index in [-0.39, 0.29) is 5.41 Å². The lowest BCUT2D eigenvalue weighted by Gasteiger charge is -2.19. The molecule has 1 aromatic carbocycles. The van der Waals surface area contributed by atoms with Crippen LogP contribution in [0, 0.1) is 17.8 Å². The topological polar surface area (TPSA) is 17.1 Å². The van der Waals surface area contributed by atoms with Crippen molar-refractivity contribution in [3.63, 3.8) is 0 Å². The fourth-order valence-electron chi connectivity index (χ4n) is 3.71. The largest absolute Gasteiger partial charge is 0.294 e. The van der Waals surface area contributed by atoms with Crippen molar-refractivity contribution in [1.29, 1.82) is 0 Å². The Morgan fingerprint density at radius 1 is 1.00 bits per heavy atom. The Kier molecular flexibility index (Phi) is 3.03. The highest BCUT2D eigenvalue weighted by Gasteiger charge is 2.54. The van der Waals surface area contributed by atoms with Crippen molar-refractivity contribution in [2.45, 2.75) is 51.9 Å². The zero-order valence-electron chi connectivity index (χ0n) is 12.3. The fourth-order valence-corrected chi connectivity index (χ4v) is 3.71. The number of Topliss-reactive ketones (excluding diaryl/α,β-unsaturated/α-hetero) is 1. The van der Waals surface area contributed by atoms with Crippen LogP contribution in [0.4, 0.5) is 0 Å². The number of benzene rings is 1.